The Morgan fingerprint density at radius 1 is 1.37 bits per heavy atom. The van der Waals surface area contributed by atoms with E-state index >= 15 is 0 Å². The molecular formula is C15H19N3O. The lowest BCUT2D eigenvalue weighted by atomic mass is 10.1. The van der Waals surface area contributed by atoms with Crippen molar-refractivity contribution in [1.82, 2.24) is 15.3 Å². The largest absolute Gasteiger partial charge is 0.377 e. The molecule has 4 heteroatoms. The van der Waals surface area contributed by atoms with E-state index in [1.165, 1.54) is 6.42 Å². The monoisotopic (exact) mass is 257 g/mol. The Morgan fingerprint density at radius 2 is 2.21 bits per heavy atom. The Balaban J connectivity index is 1.64. The zero-order valence-corrected chi connectivity index (χ0v) is 11.2. The van der Waals surface area contributed by atoms with Crippen LogP contribution < -0.4 is 5.32 Å². The summed E-state index contributed by atoms with van der Waals surface area (Å²) >= 11 is 0. The number of rotatable bonds is 4. The van der Waals surface area contributed by atoms with Gasteiger partial charge in [0.1, 0.15) is 0 Å². The smallest absolute Gasteiger partial charge is 0.0890 e. The van der Waals surface area contributed by atoms with E-state index in [-0.39, 0.29) is 0 Å². The highest BCUT2D eigenvalue weighted by Crippen LogP contribution is 2.15. The van der Waals surface area contributed by atoms with Gasteiger partial charge in [-0.15, -0.1) is 0 Å². The second-order valence-corrected chi connectivity index (χ2v) is 5.07. The molecule has 100 valence electrons. The van der Waals surface area contributed by atoms with Crippen LogP contribution in [0.1, 0.15) is 25.5 Å². The minimum absolute atomic E-state index is 0.341. The highest BCUT2D eigenvalue weighted by atomic mass is 16.5. The summed E-state index contributed by atoms with van der Waals surface area (Å²) in [6.07, 6.45) is 4.51. The van der Waals surface area contributed by atoms with E-state index in [9.17, 15) is 0 Å². The molecule has 1 aromatic heterocycles. The summed E-state index contributed by atoms with van der Waals surface area (Å²) in [5.74, 6) is 0. The van der Waals surface area contributed by atoms with Crippen molar-refractivity contribution in [3.8, 4) is 0 Å². The van der Waals surface area contributed by atoms with Crippen molar-refractivity contribution in [2.45, 2.75) is 38.5 Å². The highest BCUT2D eigenvalue weighted by molar-refractivity contribution is 5.73. The van der Waals surface area contributed by atoms with Gasteiger partial charge in [0.25, 0.3) is 0 Å². The molecular weight excluding hydrogens is 238 g/mol. The minimum Gasteiger partial charge on any atom is -0.377 e. The van der Waals surface area contributed by atoms with Crippen LogP contribution in [0.5, 0.6) is 0 Å². The quantitative estimate of drug-likeness (QED) is 0.913. The zero-order chi connectivity index (χ0) is 13.1. The Kier molecular flexibility index (Phi) is 3.71. The molecule has 1 aromatic carbocycles. The van der Waals surface area contributed by atoms with Crippen LogP contribution in [0.4, 0.5) is 0 Å². The first-order valence-electron chi connectivity index (χ1n) is 6.88. The van der Waals surface area contributed by atoms with Crippen LogP contribution in [0.3, 0.4) is 0 Å². The molecule has 0 saturated carbocycles. The minimum atomic E-state index is 0.341. The van der Waals surface area contributed by atoms with Gasteiger partial charge in [-0.05, 0) is 31.9 Å². The molecule has 2 heterocycles. The van der Waals surface area contributed by atoms with Crippen LogP contribution in [0, 0.1) is 0 Å². The summed E-state index contributed by atoms with van der Waals surface area (Å²) in [6.45, 7) is 3.80. The van der Waals surface area contributed by atoms with Crippen molar-refractivity contribution in [2.75, 3.05) is 6.61 Å². The van der Waals surface area contributed by atoms with E-state index in [0.717, 1.165) is 36.3 Å². The molecule has 1 aliphatic rings. The summed E-state index contributed by atoms with van der Waals surface area (Å²) in [6, 6.07) is 8.30. The molecule has 4 nitrogen and oxygen atoms in total. The van der Waals surface area contributed by atoms with Crippen LogP contribution in [0.15, 0.2) is 30.5 Å². The first-order valence-corrected chi connectivity index (χ1v) is 6.88. The number of aromatic nitrogens is 2. The van der Waals surface area contributed by atoms with Gasteiger partial charge in [0.15, 0.2) is 0 Å². The predicted molar refractivity (Wildman–Crippen MR) is 74.8 cm³/mol. The van der Waals surface area contributed by atoms with E-state index < -0.39 is 0 Å². The second kappa shape index (κ2) is 5.63. The first-order chi connectivity index (χ1) is 9.33. The topological polar surface area (TPSA) is 47.0 Å². The fourth-order valence-corrected chi connectivity index (χ4v) is 2.47. The maximum atomic E-state index is 5.67. The summed E-state index contributed by atoms with van der Waals surface area (Å²) in [4.78, 5) is 9.03. The molecule has 2 unspecified atom stereocenters. The van der Waals surface area contributed by atoms with Crippen LogP contribution in [0.25, 0.3) is 11.0 Å². The number of hydrogen-bond donors (Lipinski definition) is 1. The normalized spacial score (nSPS) is 20.8. The molecule has 1 aliphatic heterocycles. The number of ether oxygens (including phenoxy) is 1. The molecule has 0 aliphatic carbocycles. The molecule has 3 rings (SSSR count). The molecule has 0 spiro atoms. The molecule has 0 amide bonds. The van der Waals surface area contributed by atoms with Gasteiger partial charge in [0.05, 0.1) is 29.0 Å². The molecule has 1 fully saturated rings. The molecule has 1 saturated heterocycles. The van der Waals surface area contributed by atoms with Gasteiger partial charge in [0, 0.05) is 19.2 Å². The number of nitrogens with zero attached hydrogens (tertiary/aromatic N) is 2. The van der Waals surface area contributed by atoms with Gasteiger partial charge in [0.2, 0.25) is 0 Å². The molecule has 0 bridgehead atoms. The lowest BCUT2D eigenvalue weighted by Gasteiger charge is -2.19. The van der Waals surface area contributed by atoms with Crippen molar-refractivity contribution in [2.24, 2.45) is 0 Å². The van der Waals surface area contributed by atoms with Crippen molar-refractivity contribution in [3.63, 3.8) is 0 Å². The average molecular weight is 257 g/mol. The molecule has 2 atom stereocenters. The third kappa shape index (κ3) is 2.91. The first kappa shape index (κ1) is 12.5. The van der Waals surface area contributed by atoms with E-state index in [4.69, 9.17) is 4.74 Å². The molecule has 19 heavy (non-hydrogen) atoms. The molecule has 2 aromatic rings. The van der Waals surface area contributed by atoms with Gasteiger partial charge in [-0.3, -0.25) is 4.98 Å². The second-order valence-electron chi connectivity index (χ2n) is 5.07. The van der Waals surface area contributed by atoms with Gasteiger partial charge in [-0.25, -0.2) is 4.98 Å². The number of fused-ring (bicyclic) bond motifs is 1. The lowest BCUT2D eigenvalue weighted by molar-refractivity contribution is 0.0831. The standard InChI is InChI=1S/C15H19N3O/c1-11(15-7-4-8-19-15)16-9-12-10-17-13-5-2-3-6-14(13)18-12/h2-3,5-6,10-11,15-16H,4,7-9H2,1H3. The van der Waals surface area contributed by atoms with Gasteiger partial charge in [-0.1, -0.05) is 12.1 Å². The van der Waals surface area contributed by atoms with E-state index in [2.05, 4.69) is 22.2 Å². The highest BCUT2D eigenvalue weighted by Gasteiger charge is 2.21. The fraction of sp³-hybridized carbons (Fsp3) is 0.467. The van der Waals surface area contributed by atoms with E-state index in [1.54, 1.807) is 0 Å². The fourth-order valence-electron chi connectivity index (χ4n) is 2.47. The van der Waals surface area contributed by atoms with Crippen molar-refractivity contribution in [3.05, 3.63) is 36.2 Å². The summed E-state index contributed by atoms with van der Waals surface area (Å²) in [7, 11) is 0. The van der Waals surface area contributed by atoms with Crippen molar-refractivity contribution < 1.29 is 4.74 Å². The molecule has 0 radical (unpaired) electrons. The van der Waals surface area contributed by atoms with Crippen molar-refractivity contribution in [1.29, 1.82) is 0 Å². The summed E-state index contributed by atoms with van der Waals surface area (Å²) < 4.78 is 5.67. The predicted octanol–water partition coefficient (Wildman–Crippen LogP) is 2.29. The Hall–Kier alpha value is -1.52. The van der Waals surface area contributed by atoms with Gasteiger partial charge >= 0.3 is 0 Å². The third-order valence-corrected chi connectivity index (χ3v) is 3.63. The Bertz CT molecular complexity index is 552. The number of para-hydroxylation sites is 2. The number of hydrogen-bond acceptors (Lipinski definition) is 4. The zero-order valence-electron chi connectivity index (χ0n) is 11.2. The van der Waals surface area contributed by atoms with E-state index in [1.807, 2.05) is 30.5 Å². The van der Waals surface area contributed by atoms with Crippen molar-refractivity contribution >= 4 is 11.0 Å². The lowest BCUT2D eigenvalue weighted by Crippen LogP contribution is -2.36. The third-order valence-electron chi connectivity index (χ3n) is 3.63. The van der Waals surface area contributed by atoms with Crippen LogP contribution in [0.2, 0.25) is 0 Å². The van der Waals surface area contributed by atoms with E-state index in [0.29, 0.717) is 12.1 Å². The summed E-state index contributed by atoms with van der Waals surface area (Å²) in [5, 5.41) is 3.48. The van der Waals surface area contributed by atoms with Crippen LogP contribution in [-0.4, -0.2) is 28.7 Å². The summed E-state index contributed by atoms with van der Waals surface area (Å²) in [5.41, 5.74) is 2.87. The Morgan fingerprint density at radius 3 is 3.00 bits per heavy atom. The van der Waals surface area contributed by atoms with Gasteiger partial charge < -0.3 is 10.1 Å². The SMILES string of the molecule is CC(NCc1cnc2ccccc2n1)C1CCCO1. The average Bonchev–Trinajstić information content (AvgIpc) is 2.99. The van der Waals surface area contributed by atoms with Crippen LogP contribution in [-0.2, 0) is 11.3 Å². The van der Waals surface area contributed by atoms with Gasteiger partial charge in [-0.2, -0.15) is 0 Å². The molecule has 1 N–H and O–H groups in total. The Labute approximate surface area is 113 Å². The maximum absolute atomic E-state index is 5.67. The number of benzene rings is 1. The maximum Gasteiger partial charge on any atom is 0.0890 e. The van der Waals surface area contributed by atoms with Crippen LogP contribution >= 0.6 is 0 Å². The number of nitrogens with one attached hydrogen (secondary N) is 1.